The van der Waals surface area contributed by atoms with Crippen molar-refractivity contribution in [2.75, 3.05) is 6.61 Å². The fourth-order valence-corrected chi connectivity index (χ4v) is 4.80. The number of unbranched alkanes of at least 4 members (excludes halogenated alkanes) is 1. The van der Waals surface area contributed by atoms with Gasteiger partial charge in [0.15, 0.2) is 0 Å². The van der Waals surface area contributed by atoms with Crippen molar-refractivity contribution in [3.8, 4) is 5.75 Å². The second-order valence-corrected chi connectivity index (χ2v) is 10.6. The monoisotopic (exact) mass is 461 g/mol. The van der Waals surface area contributed by atoms with Gasteiger partial charge in [0.25, 0.3) is 0 Å². The maximum absolute atomic E-state index is 12.6. The number of rotatable bonds is 9. The SMILES string of the molecule is CC(C)(C)c1ccc(OCCCCn2c(CNC(=O)C3CCCCC3)nc3ccccc32)cc1. The summed E-state index contributed by atoms with van der Waals surface area (Å²) in [6, 6.07) is 16.7. The minimum absolute atomic E-state index is 0.152. The molecule has 1 heterocycles. The van der Waals surface area contributed by atoms with Crippen molar-refractivity contribution < 1.29 is 9.53 Å². The van der Waals surface area contributed by atoms with Crippen LogP contribution in [0.3, 0.4) is 0 Å². The van der Waals surface area contributed by atoms with Gasteiger partial charge in [-0.25, -0.2) is 4.98 Å². The number of nitrogens with zero attached hydrogens (tertiary/aromatic N) is 2. The van der Waals surface area contributed by atoms with Crippen LogP contribution in [0.4, 0.5) is 0 Å². The first kappa shape index (κ1) is 24.3. The first-order chi connectivity index (χ1) is 16.4. The number of aryl methyl sites for hydroxylation is 1. The molecule has 1 fully saturated rings. The second-order valence-electron chi connectivity index (χ2n) is 10.6. The summed E-state index contributed by atoms with van der Waals surface area (Å²) in [5, 5.41) is 3.16. The van der Waals surface area contributed by atoms with E-state index in [1.807, 2.05) is 12.1 Å². The van der Waals surface area contributed by atoms with E-state index in [-0.39, 0.29) is 17.2 Å². The number of ether oxygens (including phenoxy) is 1. The molecule has 4 rings (SSSR count). The summed E-state index contributed by atoms with van der Waals surface area (Å²) in [6.45, 7) is 8.70. The summed E-state index contributed by atoms with van der Waals surface area (Å²) in [5.74, 6) is 2.21. The first-order valence-corrected chi connectivity index (χ1v) is 12.9. The molecule has 0 radical (unpaired) electrons. The van der Waals surface area contributed by atoms with Crippen molar-refractivity contribution >= 4 is 16.9 Å². The average Bonchev–Trinajstić information content (AvgIpc) is 3.20. The lowest BCUT2D eigenvalue weighted by Crippen LogP contribution is -2.32. The highest BCUT2D eigenvalue weighted by Crippen LogP contribution is 2.25. The molecule has 1 saturated carbocycles. The molecule has 0 spiro atoms. The summed E-state index contributed by atoms with van der Waals surface area (Å²) in [4.78, 5) is 17.5. The molecule has 0 saturated heterocycles. The van der Waals surface area contributed by atoms with Crippen molar-refractivity contribution in [3.05, 3.63) is 59.9 Å². The molecule has 34 heavy (non-hydrogen) atoms. The van der Waals surface area contributed by atoms with E-state index in [9.17, 15) is 4.79 Å². The highest BCUT2D eigenvalue weighted by molar-refractivity contribution is 5.79. The van der Waals surface area contributed by atoms with Crippen molar-refractivity contribution in [1.82, 2.24) is 14.9 Å². The van der Waals surface area contributed by atoms with Crippen LogP contribution in [0.5, 0.6) is 5.75 Å². The Morgan fingerprint density at radius 2 is 1.76 bits per heavy atom. The van der Waals surface area contributed by atoms with Crippen molar-refractivity contribution in [3.63, 3.8) is 0 Å². The zero-order chi connectivity index (χ0) is 24.0. The molecule has 2 aromatic carbocycles. The van der Waals surface area contributed by atoms with Crippen molar-refractivity contribution in [2.45, 2.75) is 84.2 Å². The third kappa shape index (κ3) is 6.19. The van der Waals surface area contributed by atoms with Crippen molar-refractivity contribution in [1.29, 1.82) is 0 Å². The number of nitrogens with one attached hydrogen (secondary N) is 1. The van der Waals surface area contributed by atoms with Gasteiger partial charge >= 0.3 is 0 Å². The van der Waals surface area contributed by atoms with Crippen LogP contribution in [-0.4, -0.2) is 22.1 Å². The molecule has 1 aromatic heterocycles. The molecule has 1 aliphatic rings. The number of para-hydroxylation sites is 2. The summed E-state index contributed by atoms with van der Waals surface area (Å²) in [6.07, 6.45) is 7.57. The predicted octanol–water partition coefficient (Wildman–Crippen LogP) is 6.39. The Morgan fingerprint density at radius 3 is 2.50 bits per heavy atom. The van der Waals surface area contributed by atoms with Gasteiger partial charge in [-0.15, -0.1) is 0 Å². The Hall–Kier alpha value is -2.82. The van der Waals surface area contributed by atoms with E-state index in [4.69, 9.17) is 9.72 Å². The molecule has 1 amide bonds. The third-order valence-corrected chi connectivity index (χ3v) is 6.90. The lowest BCUT2D eigenvalue weighted by molar-refractivity contribution is -0.126. The summed E-state index contributed by atoms with van der Waals surface area (Å²) >= 11 is 0. The molecular weight excluding hydrogens is 422 g/mol. The van der Waals surface area contributed by atoms with Gasteiger partial charge in [-0.2, -0.15) is 0 Å². The Balaban J connectivity index is 1.31. The largest absolute Gasteiger partial charge is 0.494 e. The smallest absolute Gasteiger partial charge is 0.223 e. The molecule has 3 aromatic rings. The van der Waals surface area contributed by atoms with E-state index < -0.39 is 0 Å². The van der Waals surface area contributed by atoms with Gasteiger partial charge < -0.3 is 14.6 Å². The van der Waals surface area contributed by atoms with E-state index in [2.05, 4.69) is 67.1 Å². The molecule has 1 N–H and O–H groups in total. The molecule has 0 unspecified atom stereocenters. The van der Waals surface area contributed by atoms with Crippen LogP contribution < -0.4 is 10.1 Å². The number of hydrogen-bond acceptors (Lipinski definition) is 3. The highest BCUT2D eigenvalue weighted by Gasteiger charge is 2.21. The average molecular weight is 462 g/mol. The number of carbonyl (C=O) groups excluding carboxylic acids is 1. The van der Waals surface area contributed by atoms with E-state index in [1.165, 1.54) is 24.8 Å². The van der Waals surface area contributed by atoms with E-state index in [0.717, 1.165) is 54.8 Å². The molecule has 0 atom stereocenters. The number of amides is 1. The number of hydrogen-bond donors (Lipinski definition) is 1. The summed E-state index contributed by atoms with van der Waals surface area (Å²) in [5.41, 5.74) is 3.58. The van der Waals surface area contributed by atoms with Gasteiger partial charge in [0.05, 0.1) is 24.2 Å². The summed E-state index contributed by atoms with van der Waals surface area (Å²) < 4.78 is 8.23. The predicted molar refractivity (Wildman–Crippen MR) is 138 cm³/mol. The first-order valence-electron chi connectivity index (χ1n) is 12.9. The van der Waals surface area contributed by atoms with Crippen LogP contribution >= 0.6 is 0 Å². The number of aromatic nitrogens is 2. The zero-order valence-electron chi connectivity index (χ0n) is 21.0. The molecular formula is C29H39N3O2. The van der Waals surface area contributed by atoms with Gasteiger partial charge in [-0.3, -0.25) is 4.79 Å². The minimum Gasteiger partial charge on any atom is -0.494 e. The highest BCUT2D eigenvalue weighted by atomic mass is 16.5. The lowest BCUT2D eigenvalue weighted by atomic mass is 9.87. The Bertz CT molecular complexity index is 1070. The Kier molecular flexibility index (Phi) is 7.91. The van der Waals surface area contributed by atoms with E-state index >= 15 is 0 Å². The number of imidazole rings is 1. The maximum atomic E-state index is 12.6. The van der Waals surface area contributed by atoms with Crippen LogP contribution in [0, 0.1) is 5.92 Å². The van der Waals surface area contributed by atoms with Gasteiger partial charge in [0, 0.05) is 12.5 Å². The summed E-state index contributed by atoms with van der Waals surface area (Å²) in [7, 11) is 0. The third-order valence-electron chi connectivity index (χ3n) is 6.90. The molecule has 0 aliphatic heterocycles. The van der Waals surface area contributed by atoms with Crippen LogP contribution in [0.25, 0.3) is 11.0 Å². The van der Waals surface area contributed by atoms with Gasteiger partial charge in [0.1, 0.15) is 11.6 Å². The number of benzene rings is 2. The minimum atomic E-state index is 0.152. The van der Waals surface area contributed by atoms with Gasteiger partial charge in [-0.05, 0) is 60.9 Å². The fourth-order valence-electron chi connectivity index (χ4n) is 4.80. The lowest BCUT2D eigenvalue weighted by Gasteiger charge is -2.20. The van der Waals surface area contributed by atoms with Crippen LogP contribution in [0.2, 0.25) is 0 Å². The fraction of sp³-hybridized carbons (Fsp3) is 0.517. The Labute approximate surface area is 203 Å². The second kappa shape index (κ2) is 11.1. The van der Waals surface area contributed by atoms with Crippen LogP contribution in [0.1, 0.15) is 77.1 Å². The standard InChI is InChI=1S/C29H39N3O2/c1-29(2,3)23-15-17-24(18-16-23)34-20-10-9-19-32-26-14-8-7-13-25(26)31-27(32)21-30-28(33)22-11-5-4-6-12-22/h7-8,13-18,22H,4-6,9-12,19-21H2,1-3H3,(H,30,33). The topological polar surface area (TPSA) is 56.1 Å². The maximum Gasteiger partial charge on any atom is 0.223 e. The number of fused-ring (bicyclic) bond motifs is 1. The molecule has 1 aliphatic carbocycles. The number of carbonyl (C=O) groups is 1. The van der Waals surface area contributed by atoms with Crippen LogP contribution in [0.15, 0.2) is 48.5 Å². The van der Waals surface area contributed by atoms with Crippen molar-refractivity contribution in [2.24, 2.45) is 5.92 Å². The van der Waals surface area contributed by atoms with Crippen LogP contribution in [-0.2, 0) is 23.3 Å². The van der Waals surface area contributed by atoms with E-state index in [0.29, 0.717) is 13.2 Å². The van der Waals surface area contributed by atoms with Gasteiger partial charge in [-0.1, -0.05) is 64.3 Å². The molecule has 5 heteroatoms. The Morgan fingerprint density at radius 1 is 1.03 bits per heavy atom. The normalized spacial score (nSPS) is 14.9. The van der Waals surface area contributed by atoms with Gasteiger partial charge in [0.2, 0.25) is 5.91 Å². The molecule has 182 valence electrons. The quantitative estimate of drug-likeness (QED) is 0.376. The zero-order valence-corrected chi connectivity index (χ0v) is 21.0. The molecule has 0 bridgehead atoms. The van der Waals surface area contributed by atoms with E-state index in [1.54, 1.807) is 0 Å². The molecule has 5 nitrogen and oxygen atoms in total.